The zero-order valence-electron chi connectivity index (χ0n) is 12.8. The van der Waals surface area contributed by atoms with E-state index in [4.69, 9.17) is 14.2 Å². The highest BCUT2D eigenvalue weighted by molar-refractivity contribution is 5.82. The summed E-state index contributed by atoms with van der Waals surface area (Å²) < 4.78 is 14.9. The molecule has 0 rings (SSSR count). The molecule has 0 radical (unpaired) electrons. The smallest absolute Gasteiger partial charge is 0.330 e. The minimum atomic E-state index is -0.479. The van der Waals surface area contributed by atoms with Crippen molar-refractivity contribution in [1.29, 1.82) is 0 Å². The molecule has 5 nitrogen and oxygen atoms in total. The van der Waals surface area contributed by atoms with Gasteiger partial charge in [0.15, 0.2) is 0 Å². The highest BCUT2D eigenvalue weighted by Crippen LogP contribution is 2.08. The molecule has 116 valence electrons. The number of allylic oxidation sites excluding steroid dienone is 2. The Morgan fingerprint density at radius 1 is 1.35 bits per heavy atom. The quantitative estimate of drug-likeness (QED) is 0.289. The Kier molecular flexibility index (Phi) is 11.0. The normalized spacial score (nSPS) is 15.3. The van der Waals surface area contributed by atoms with Crippen LogP contribution in [0.3, 0.4) is 0 Å². The summed E-state index contributed by atoms with van der Waals surface area (Å²) in [5.41, 5.74) is 0.905. The van der Waals surface area contributed by atoms with Gasteiger partial charge >= 0.3 is 5.97 Å². The molecule has 0 aliphatic rings. The number of carbonyl (C=O) groups is 1. The van der Waals surface area contributed by atoms with Crippen LogP contribution in [0.25, 0.3) is 0 Å². The van der Waals surface area contributed by atoms with Crippen molar-refractivity contribution in [2.24, 2.45) is 0 Å². The molecule has 0 aliphatic heterocycles. The first-order valence-electron chi connectivity index (χ1n) is 6.79. The van der Waals surface area contributed by atoms with Crippen molar-refractivity contribution >= 4 is 5.97 Å². The lowest BCUT2D eigenvalue weighted by atomic mass is 10.1. The zero-order chi connectivity index (χ0) is 15.4. The standard InChI is InChI=1S/C15H26O5/c1-5-19-15(17)9-7-12(2)6-8-14(16)10-13(3)20-11-18-4/h6-7,9,13-14,16H,5,8,10-11H2,1-4H3/b9-7+,12-6+/t13-,14+/m1/s1. The molecule has 0 saturated carbocycles. The van der Waals surface area contributed by atoms with Gasteiger partial charge in [0.2, 0.25) is 0 Å². The molecule has 0 spiro atoms. The van der Waals surface area contributed by atoms with E-state index in [1.54, 1.807) is 20.1 Å². The lowest BCUT2D eigenvalue weighted by Gasteiger charge is -2.15. The van der Waals surface area contributed by atoms with Gasteiger partial charge in [0.25, 0.3) is 0 Å². The summed E-state index contributed by atoms with van der Waals surface area (Å²) in [6, 6.07) is 0. The molecule has 1 N–H and O–H groups in total. The molecular weight excluding hydrogens is 260 g/mol. The maximum Gasteiger partial charge on any atom is 0.330 e. The average Bonchev–Trinajstić information content (AvgIpc) is 2.41. The summed E-state index contributed by atoms with van der Waals surface area (Å²) >= 11 is 0. The number of esters is 1. The Balaban J connectivity index is 4.04. The minimum absolute atomic E-state index is 0.0614. The summed E-state index contributed by atoms with van der Waals surface area (Å²) in [5.74, 6) is -0.359. The third-order valence-corrected chi connectivity index (χ3v) is 2.56. The van der Waals surface area contributed by atoms with E-state index in [1.807, 2.05) is 19.9 Å². The third kappa shape index (κ3) is 10.7. The minimum Gasteiger partial charge on any atom is -0.463 e. The number of methoxy groups -OCH3 is 1. The Morgan fingerprint density at radius 3 is 2.65 bits per heavy atom. The van der Waals surface area contributed by atoms with Crippen LogP contribution in [0.2, 0.25) is 0 Å². The van der Waals surface area contributed by atoms with Crippen LogP contribution in [0.15, 0.2) is 23.8 Å². The van der Waals surface area contributed by atoms with E-state index in [2.05, 4.69) is 0 Å². The average molecular weight is 286 g/mol. The zero-order valence-corrected chi connectivity index (χ0v) is 12.8. The maximum absolute atomic E-state index is 11.1. The van der Waals surface area contributed by atoms with Crippen molar-refractivity contribution in [3.05, 3.63) is 23.8 Å². The predicted molar refractivity (Wildman–Crippen MR) is 77.2 cm³/mol. The van der Waals surface area contributed by atoms with Crippen molar-refractivity contribution in [3.63, 3.8) is 0 Å². The van der Waals surface area contributed by atoms with Gasteiger partial charge in [-0.05, 0) is 33.6 Å². The maximum atomic E-state index is 11.1. The van der Waals surface area contributed by atoms with Gasteiger partial charge in [0.1, 0.15) is 6.79 Å². The highest BCUT2D eigenvalue weighted by atomic mass is 16.7. The number of rotatable bonds is 10. The first kappa shape index (κ1) is 18.8. The van der Waals surface area contributed by atoms with Crippen LogP contribution < -0.4 is 0 Å². The molecule has 0 heterocycles. The van der Waals surface area contributed by atoms with E-state index in [0.29, 0.717) is 19.4 Å². The van der Waals surface area contributed by atoms with Crippen LogP contribution in [-0.4, -0.2) is 43.8 Å². The molecule has 0 aromatic heterocycles. The molecular formula is C15H26O5. The molecule has 2 atom stereocenters. The number of hydrogen-bond donors (Lipinski definition) is 1. The fourth-order valence-electron chi connectivity index (χ4n) is 1.51. The Bertz CT molecular complexity index is 322. The van der Waals surface area contributed by atoms with Crippen molar-refractivity contribution in [3.8, 4) is 0 Å². The van der Waals surface area contributed by atoms with Crippen molar-refractivity contribution < 1.29 is 24.1 Å². The van der Waals surface area contributed by atoms with Crippen LogP contribution in [0.5, 0.6) is 0 Å². The molecule has 5 heteroatoms. The topological polar surface area (TPSA) is 65.0 Å². The summed E-state index contributed by atoms with van der Waals surface area (Å²) in [6.07, 6.45) is 5.45. The Labute approximate surface area is 121 Å². The van der Waals surface area contributed by atoms with Gasteiger partial charge in [-0.25, -0.2) is 4.79 Å². The molecule has 0 unspecified atom stereocenters. The van der Waals surface area contributed by atoms with Gasteiger partial charge in [-0.1, -0.05) is 17.7 Å². The van der Waals surface area contributed by atoms with Gasteiger partial charge in [-0.15, -0.1) is 0 Å². The van der Waals surface area contributed by atoms with Crippen molar-refractivity contribution in [2.75, 3.05) is 20.5 Å². The second kappa shape index (κ2) is 11.6. The number of hydrogen-bond acceptors (Lipinski definition) is 5. The molecule has 0 bridgehead atoms. The van der Waals surface area contributed by atoms with Crippen LogP contribution in [0.1, 0.15) is 33.6 Å². The first-order chi connectivity index (χ1) is 9.49. The molecule has 20 heavy (non-hydrogen) atoms. The Hall–Kier alpha value is -1.17. The van der Waals surface area contributed by atoms with Crippen molar-refractivity contribution in [1.82, 2.24) is 0 Å². The molecule has 0 aromatic rings. The van der Waals surface area contributed by atoms with Crippen molar-refractivity contribution in [2.45, 2.75) is 45.8 Å². The van der Waals surface area contributed by atoms with E-state index < -0.39 is 6.10 Å². The second-order valence-corrected chi connectivity index (χ2v) is 4.54. The fraction of sp³-hybridized carbons (Fsp3) is 0.667. The van der Waals surface area contributed by atoms with Gasteiger partial charge < -0.3 is 19.3 Å². The fourth-order valence-corrected chi connectivity index (χ4v) is 1.51. The van der Waals surface area contributed by atoms with Gasteiger partial charge in [0, 0.05) is 13.2 Å². The largest absolute Gasteiger partial charge is 0.463 e. The number of aliphatic hydroxyl groups excluding tert-OH is 1. The predicted octanol–water partition coefficient (Wildman–Crippen LogP) is 2.20. The molecule has 0 aliphatic carbocycles. The lowest BCUT2D eigenvalue weighted by molar-refractivity contribution is -0.137. The van der Waals surface area contributed by atoms with Crippen LogP contribution in [0, 0.1) is 0 Å². The Morgan fingerprint density at radius 2 is 2.05 bits per heavy atom. The van der Waals surface area contributed by atoms with E-state index in [9.17, 15) is 9.90 Å². The molecule has 0 saturated heterocycles. The van der Waals surface area contributed by atoms with Crippen LogP contribution >= 0.6 is 0 Å². The molecule has 0 amide bonds. The van der Waals surface area contributed by atoms with Gasteiger partial charge in [-0.3, -0.25) is 0 Å². The SMILES string of the molecule is CCOC(=O)/C=C/C(C)=C/C[C@H](O)C[C@@H](C)OCOC. The summed E-state index contributed by atoms with van der Waals surface area (Å²) in [5, 5.41) is 9.85. The van der Waals surface area contributed by atoms with Crippen LogP contribution in [-0.2, 0) is 19.0 Å². The lowest BCUT2D eigenvalue weighted by Crippen LogP contribution is -2.18. The van der Waals surface area contributed by atoms with Gasteiger partial charge in [-0.2, -0.15) is 0 Å². The second-order valence-electron chi connectivity index (χ2n) is 4.54. The summed E-state index contributed by atoms with van der Waals surface area (Å²) in [6.45, 7) is 6.11. The van der Waals surface area contributed by atoms with Crippen LogP contribution in [0.4, 0.5) is 0 Å². The number of carbonyl (C=O) groups excluding carboxylic acids is 1. The summed E-state index contributed by atoms with van der Waals surface area (Å²) in [4.78, 5) is 11.1. The number of ether oxygens (including phenoxy) is 3. The first-order valence-corrected chi connectivity index (χ1v) is 6.79. The molecule has 0 fully saturated rings. The van der Waals surface area contributed by atoms with E-state index >= 15 is 0 Å². The van der Waals surface area contributed by atoms with E-state index in [-0.39, 0.29) is 18.9 Å². The third-order valence-electron chi connectivity index (χ3n) is 2.56. The number of aliphatic hydroxyl groups is 1. The molecule has 0 aromatic carbocycles. The van der Waals surface area contributed by atoms with E-state index in [0.717, 1.165) is 5.57 Å². The van der Waals surface area contributed by atoms with E-state index in [1.165, 1.54) is 6.08 Å². The monoisotopic (exact) mass is 286 g/mol. The van der Waals surface area contributed by atoms with Gasteiger partial charge in [0.05, 0.1) is 18.8 Å². The summed E-state index contributed by atoms with van der Waals surface area (Å²) in [7, 11) is 1.56. The highest BCUT2D eigenvalue weighted by Gasteiger charge is 2.09.